The van der Waals surface area contributed by atoms with Crippen LogP contribution in [-0.4, -0.2) is 16.1 Å². The maximum absolute atomic E-state index is 13.4. The summed E-state index contributed by atoms with van der Waals surface area (Å²) in [5, 5.41) is 10.2. The number of carbonyl (C=O) groups excluding carboxylic acids is 1. The summed E-state index contributed by atoms with van der Waals surface area (Å²) in [7, 11) is 0. The third-order valence-electron chi connectivity index (χ3n) is 6.23. The van der Waals surface area contributed by atoms with Crippen molar-refractivity contribution >= 4 is 28.5 Å². The number of esters is 1. The van der Waals surface area contributed by atoms with Gasteiger partial charge in [-0.2, -0.15) is 13.2 Å². The number of allylic oxidation sites excluding steroid dienone is 1. The molecule has 4 nitrogen and oxygen atoms in total. The lowest BCUT2D eigenvalue weighted by atomic mass is 9.86. The Morgan fingerprint density at radius 2 is 1.78 bits per heavy atom. The first-order valence-electron chi connectivity index (χ1n) is 11.5. The van der Waals surface area contributed by atoms with E-state index in [2.05, 4.69) is 0 Å². The van der Waals surface area contributed by atoms with Crippen LogP contribution in [0.5, 0.6) is 5.75 Å². The van der Waals surface area contributed by atoms with Crippen LogP contribution in [-0.2, 0) is 23.9 Å². The number of aromatic hydroxyl groups is 1. The Morgan fingerprint density at radius 1 is 1.00 bits per heavy atom. The highest BCUT2D eigenvalue weighted by Crippen LogP contribution is 2.37. The van der Waals surface area contributed by atoms with Crippen molar-refractivity contribution in [3.63, 3.8) is 0 Å². The van der Waals surface area contributed by atoms with E-state index >= 15 is 0 Å². The van der Waals surface area contributed by atoms with E-state index in [1.807, 2.05) is 36.4 Å². The maximum Gasteiger partial charge on any atom is 0.416 e. The van der Waals surface area contributed by atoms with E-state index < -0.39 is 17.7 Å². The number of ether oxygens (including phenoxy) is 1. The van der Waals surface area contributed by atoms with E-state index in [0.717, 1.165) is 47.4 Å². The first kappa shape index (κ1) is 23.6. The van der Waals surface area contributed by atoms with Crippen LogP contribution in [0.4, 0.5) is 13.2 Å². The first-order chi connectivity index (χ1) is 17.3. The molecule has 3 aromatic carbocycles. The molecule has 36 heavy (non-hydrogen) atoms. The average molecular weight is 489 g/mol. The molecule has 0 aliphatic heterocycles. The van der Waals surface area contributed by atoms with Crippen LogP contribution < -0.4 is 0 Å². The Balaban J connectivity index is 1.52. The van der Waals surface area contributed by atoms with Crippen LogP contribution in [0.2, 0.25) is 0 Å². The second-order valence-corrected chi connectivity index (χ2v) is 8.72. The van der Waals surface area contributed by atoms with Gasteiger partial charge in [-0.25, -0.2) is 9.78 Å². The molecule has 5 rings (SSSR count). The van der Waals surface area contributed by atoms with E-state index in [0.29, 0.717) is 22.9 Å². The predicted octanol–water partition coefficient (Wildman–Crippen LogP) is 7.19. The summed E-state index contributed by atoms with van der Waals surface area (Å²) in [6, 6.07) is 18.9. The van der Waals surface area contributed by atoms with Crippen LogP contribution in [0.1, 0.15) is 51.1 Å². The number of aromatic nitrogens is 1. The largest absolute Gasteiger partial charge is 0.508 e. The van der Waals surface area contributed by atoms with Crippen molar-refractivity contribution in [2.45, 2.75) is 32.0 Å². The smallest absolute Gasteiger partial charge is 0.416 e. The zero-order valence-electron chi connectivity index (χ0n) is 19.2. The molecule has 4 aromatic rings. The highest BCUT2D eigenvalue weighted by atomic mass is 19.4. The number of hydrogen-bond acceptors (Lipinski definition) is 4. The number of para-hydroxylation sites is 1. The zero-order chi connectivity index (χ0) is 25.3. The highest BCUT2D eigenvalue weighted by Gasteiger charge is 2.30. The number of benzene rings is 3. The van der Waals surface area contributed by atoms with Crippen LogP contribution in [0, 0.1) is 0 Å². The molecule has 0 saturated carbocycles. The van der Waals surface area contributed by atoms with Gasteiger partial charge in [0, 0.05) is 5.39 Å². The van der Waals surface area contributed by atoms with Gasteiger partial charge in [0.25, 0.3) is 0 Å². The Labute approximate surface area is 205 Å². The van der Waals surface area contributed by atoms with Gasteiger partial charge in [-0.3, -0.25) is 0 Å². The van der Waals surface area contributed by atoms with Crippen molar-refractivity contribution < 1.29 is 27.8 Å². The summed E-state index contributed by atoms with van der Waals surface area (Å²) < 4.78 is 44.8. The highest BCUT2D eigenvalue weighted by molar-refractivity contribution is 6.06. The van der Waals surface area contributed by atoms with Gasteiger partial charge in [-0.1, -0.05) is 42.5 Å². The molecule has 1 aliphatic rings. The molecule has 0 bridgehead atoms. The zero-order valence-corrected chi connectivity index (χ0v) is 19.2. The number of phenolic OH excluding ortho intramolecular Hbond substituents is 1. The molecular formula is C29H22F3NO3. The van der Waals surface area contributed by atoms with Crippen molar-refractivity contribution in [3.8, 4) is 5.75 Å². The van der Waals surface area contributed by atoms with E-state index in [1.165, 1.54) is 12.1 Å². The SMILES string of the molecule is O=C(OCc1cccc(C(F)(F)F)c1)c1c2c(nc3ccccc13)C(=Cc1ccc(O)cc1)CCC2. The number of pyridine rings is 1. The lowest BCUT2D eigenvalue weighted by Gasteiger charge is -2.22. The molecule has 0 amide bonds. The molecule has 0 atom stereocenters. The van der Waals surface area contributed by atoms with Gasteiger partial charge < -0.3 is 9.84 Å². The van der Waals surface area contributed by atoms with Gasteiger partial charge >= 0.3 is 12.1 Å². The third kappa shape index (κ3) is 4.82. The molecular weight excluding hydrogens is 467 g/mol. The Hall–Kier alpha value is -4.13. The van der Waals surface area contributed by atoms with Crippen molar-refractivity contribution in [1.29, 1.82) is 0 Å². The molecule has 0 spiro atoms. The van der Waals surface area contributed by atoms with Crippen LogP contribution in [0.25, 0.3) is 22.6 Å². The second-order valence-electron chi connectivity index (χ2n) is 8.72. The number of nitrogens with zero attached hydrogens (tertiary/aromatic N) is 1. The normalized spacial score (nSPS) is 14.6. The molecule has 1 N–H and O–H groups in total. The summed E-state index contributed by atoms with van der Waals surface area (Å²) in [6.07, 6.45) is -0.256. The van der Waals surface area contributed by atoms with Crippen molar-refractivity contribution in [3.05, 3.63) is 106 Å². The van der Waals surface area contributed by atoms with E-state index in [1.54, 1.807) is 18.2 Å². The number of halogens is 3. The van der Waals surface area contributed by atoms with Crippen LogP contribution >= 0.6 is 0 Å². The quantitative estimate of drug-likeness (QED) is 0.308. The summed E-state index contributed by atoms with van der Waals surface area (Å²) in [5.41, 5.74) is 3.89. The minimum Gasteiger partial charge on any atom is -0.508 e. The molecule has 7 heteroatoms. The Bertz CT molecular complexity index is 1470. The predicted molar refractivity (Wildman–Crippen MR) is 131 cm³/mol. The molecule has 0 radical (unpaired) electrons. The Morgan fingerprint density at radius 3 is 2.56 bits per heavy atom. The van der Waals surface area contributed by atoms with Crippen molar-refractivity contribution in [1.82, 2.24) is 4.98 Å². The van der Waals surface area contributed by atoms with Crippen LogP contribution in [0.3, 0.4) is 0 Å². The number of carbonyl (C=O) groups is 1. The number of rotatable bonds is 4. The molecule has 0 unspecified atom stereocenters. The standard InChI is InChI=1S/C29H22F3NO3/c30-29(31,32)21-7-3-5-19(16-21)17-36-28(35)26-23-8-1-2-10-25(23)33-27-20(6-4-9-24(26)27)15-18-11-13-22(34)14-12-18/h1-3,5,7-8,10-16,34H,4,6,9,17H2. The fraction of sp³-hybridized carbons (Fsp3) is 0.172. The Kier molecular flexibility index (Phi) is 6.22. The number of phenols is 1. The van der Waals surface area contributed by atoms with Crippen molar-refractivity contribution in [2.75, 3.05) is 0 Å². The second kappa shape index (κ2) is 9.49. The van der Waals surface area contributed by atoms with Gasteiger partial charge in [0.05, 0.1) is 22.3 Å². The van der Waals surface area contributed by atoms with Gasteiger partial charge in [0.1, 0.15) is 12.4 Å². The van der Waals surface area contributed by atoms with E-state index in [4.69, 9.17) is 9.72 Å². The lowest BCUT2D eigenvalue weighted by molar-refractivity contribution is -0.137. The van der Waals surface area contributed by atoms with E-state index in [9.17, 15) is 23.1 Å². The lowest BCUT2D eigenvalue weighted by Crippen LogP contribution is -2.15. The summed E-state index contributed by atoms with van der Waals surface area (Å²) in [4.78, 5) is 18.2. The van der Waals surface area contributed by atoms with Crippen molar-refractivity contribution in [2.24, 2.45) is 0 Å². The number of hydrogen-bond donors (Lipinski definition) is 1. The third-order valence-corrected chi connectivity index (χ3v) is 6.23. The average Bonchev–Trinajstić information content (AvgIpc) is 2.87. The molecule has 0 fully saturated rings. The molecule has 1 aromatic heterocycles. The van der Waals surface area contributed by atoms with E-state index in [-0.39, 0.29) is 17.9 Å². The molecule has 182 valence electrons. The summed E-state index contributed by atoms with van der Waals surface area (Å²) in [5.74, 6) is -0.413. The van der Waals surface area contributed by atoms with Gasteiger partial charge in [0.2, 0.25) is 0 Å². The van der Waals surface area contributed by atoms with Gasteiger partial charge in [-0.15, -0.1) is 0 Å². The molecule has 1 heterocycles. The number of fused-ring (bicyclic) bond motifs is 2. The minimum atomic E-state index is -4.47. The summed E-state index contributed by atoms with van der Waals surface area (Å²) >= 11 is 0. The van der Waals surface area contributed by atoms with Gasteiger partial charge in [0.15, 0.2) is 0 Å². The minimum absolute atomic E-state index is 0.177. The molecule has 0 saturated heterocycles. The van der Waals surface area contributed by atoms with Crippen LogP contribution in [0.15, 0.2) is 72.8 Å². The number of alkyl halides is 3. The molecule has 1 aliphatic carbocycles. The van der Waals surface area contributed by atoms with Gasteiger partial charge in [-0.05, 0) is 77.9 Å². The summed E-state index contributed by atoms with van der Waals surface area (Å²) in [6.45, 7) is -0.273. The first-order valence-corrected chi connectivity index (χ1v) is 11.5. The monoisotopic (exact) mass is 489 g/mol. The fourth-order valence-electron chi connectivity index (χ4n) is 4.54. The maximum atomic E-state index is 13.4. The topological polar surface area (TPSA) is 59.4 Å². The fourth-order valence-corrected chi connectivity index (χ4v) is 4.54.